The lowest BCUT2D eigenvalue weighted by molar-refractivity contribution is 0.0639. The number of sulfonamides is 1. The van der Waals surface area contributed by atoms with Gasteiger partial charge in [0.2, 0.25) is 10.0 Å². The summed E-state index contributed by atoms with van der Waals surface area (Å²) in [5.74, 6) is -1.24. The van der Waals surface area contributed by atoms with E-state index in [1.165, 1.54) is 0 Å². The van der Waals surface area contributed by atoms with Crippen LogP contribution in [-0.2, 0) is 16.6 Å². The molecule has 3 rings (SSSR count). The number of halogens is 1. The number of amides is 1. The molecule has 0 radical (unpaired) electrons. The lowest BCUT2D eigenvalue weighted by Gasteiger charge is -2.35. The number of fused-ring (bicyclic) bond motifs is 1. The highest BCUT2D eigenvalue weighted by Crippen LogP contribution is 2.28. The van der Waals surface area contributed by atoms with Crippen LogP contribution in [0.3, 0.4) is 0 Å². The van der Waals surface area contributed by atoms with Gasteiger partial charge in [-0.3, -0.25) is 4.79 Å². The quantitative estimate of drug-likeness (QED) is 0.902. The Hall–Kier alpha value is -2.19. The summed E-state index contributed by atoms with van der Waals surface area (Å²) >= 11 is 0. The minimum absolute atomic E-state index is 0.118. The second-order valence-electron chi connectivity index (χ2n) is 5.94. The number of rotatable bonds is 4. The number of carbonyl (C=O) groups excluding carboxylic acids is 1. The van der Waals surface area contributed by atoms with Crippen molar-refractivity contribution < 1.29 is 17.6 Å². The Labute approximate surface area is 146 Å². The smallest absolute Gasteiger partial charge is 0.257 e. The second kappa shape index (κ2) is 6.61. The highest BCUT2D eigenvalue weighted by atomic mass is 32.2. The first-order chi connectivity index (χ1) is 11.8. The van der Waals surface area contributed by atoms with Crippen molar-refractivity contribution >= 4 is 15.9 Å². The zero-order valence-electron chi connectivity index (χ0n) is 14.1. The number of carbonyl (C=O) groups is 1. The zero-order valence-corrected chi connectivity index (χ0v) is 14.9. The van der Waals surface area contributed by atoms with Crippen molar-refractivity contribution in [1.29, 1.82) is 0 Å². The SMILES string of the molecule is CCNS(=O)(=O)c1ccc(F)c(C(=O)N2CCn3cccc3C2C)c1. The third-order valence-electron chi connectivity index (χ3n) is 4.42. The van der Waals surface area contributed by atoms with Gasteiger partial charge in [0.25, 0.3) is 5.91 Å². The van der Waals surface area contributed by atoms with Gasteiger partial charge in [-0.05, 0) is 37.3 Å². The van der Waals surface area contributed by atoms with Crippen LogP contribution in [0.4, 0.5) is 4.39 Å². The van der Waals surface area contributed by atoms with Crippen molar-refractivity contribution in [1.82, 2.24) is 14.2 Å². The van der Waals surface area contributed by atoms with Gasteiger partial charge in [-0.1, -0.05) is 6.92 Å². The first kappa shape index (κ1) is 17.6. The molecule has 25 heavy (non-hydrogen) atoms. The molecule has 6 nitrogen and oxygen atoms in total. The topological polar surface area (TPSA) is 71.4 Å². The highest BCUT2D eigenvalue weighted by molar-refractivity contribution is 7.89. The molecule has 2 aromatic rings. The van der Waals surface area contributed by atoms with Gasteiger partial charge in [-0.2, -0.15) is 0 Å². The molecule has 1 N–H and O–H groups in total. The van der Waals surface area contributed by atoms with E-state index in [1.54, 1.807) is 11.8 Å². The Balaban J connectivity index is 1.95. The molecule has 0 spiro atoms. The summed E-state index contributed by atoms with van der Waals surface area (Å²) in [5, 5.41) is 0. The molecular formula is C17H20FN3O3S. The van der Waals surface area contributed by atoms with E-state index in [4.69, 9.17) is 0 Å². The van der Waals surface area contributed by atoms with Crippen molar-refractivity contribution in [2.45, 2.75) is 31.3 Å². The molecule has 0 saturated carbocycles. The van der Waals surface area contributed by atoms with Gasteiger partial charge in [0.15, 0.2) is 0 Å². The highest BCUT2D eigenvalue weighted by Gasteiger charge is 2.30. The Morgan fingerprint density at radius 1 is 1.32 bits per heavy atom. The summed E-state index contributed by atoms with van der Waals surface area (Å²) in [4.78, 5) is 14.3. The van der Waals surface area contributed by atoms with Crippen LogP contribution in [0.5, 0.6) is 0 Å². The fraction of sp³-hybridized carbons (Fsp3) is 0.353. The lowest BCUT2D eigenvalue weighted by Crippen LogP contribution is -2.41. The first-order valence-electron chi connectivity index (χ1n) is 8.10. The summed E-state index contributed by atoms with van der Waals surface area (Å²) < 4.78 is 42.9. The summed E-state index contributed by atoms with van der Waals surface area (Å²) in [5.41, 5.74) is 0.738. The maximum Gasteiger partial charge on any atom is 0.257 e. The Morgan fingerprint density at radius 2 is 2.08 bits per heavy atom. The van der Waals surface area contributed by atoms with Crippen LogP contribution in [0, 0.1) is 5.82 Å². The van der Waals surface area contributed by atoms with Crippen molar-refractivity contribution in [2.24, 2.45) is 0 Å². The Bertz CT molecular complexity index is 908. The number of nitrogens with one attached hydrogen (secondary N) is 1. The van der Waals surface area contributed by atoms with Crippen LogP contribution in [0.1, 0.15) is 35.9 Å². The van der Waals surface area contributed by atoms with Gasteiger partial charge in [-0.25, -0.2) is 17.5 Å². The minimum atomic E-state index is -3.76. The van der Waals surface area contributed by atoms with E-state index in [2.05, 4.69) is 9.29 Å². The van der Waals surface area contributed by atoms with Crippen LogP contribution in [0.2, 0.25) is 0 Å². The number of hydrogen-bond donors (Lipinski definition) is 1. The van der Waals surface area contributed by atoms with Gasteiger partial charge in [-0.15, -0.1) is 0 Å². The fourth-order valence-electron chi connectivity index (χ4n) is 3.12. The molecule has 0 fully saturated rings. The molecular weight excluding hydrogens is 345 g/mol. The van der Waals surface area contributed by atoms with E-state index in [0.29, 0.717) is 13.1 Å². The number of nitrogens with zero attached hydrogens (tertiary/aromatic N) is 2. The molecule has 0 saturated heterocycles. The maximum absolute atomic E-state index is 14.2. The average molecular weight is 365 g/mol. The molecule has 1 aliphatic heterocycles. The molecule has 1 aromatic heterocycles. The van der Waals surface area contributed by atoms with Crippen molar-refractivity contribution in [3.63, 3.8) is 0 Å². The molecule has 8 heteroatoms. The van der Waals surface area contributed by atoms with Crippen LogP contribution < -0.4 is 4.72 Å². The molecule has 2 heterocycles. The average Bonchev–Trinajstić information content (AvgIpc) is 3.04. The lowest BCUT2D eigenvalue weighted by atomic mass is 10.1. The normalized spacial score (nSPS) is 17.4. The van der Waals surface area contributed by atoms with E-state index in [1.807, 2.05) is 25.3 Å². The Kier molecular flexibility index (Phi) is 4.66. The predicted octanol–water partition coefficient (Wildman–Crippen LogP) is 2.14. The van der Waals surface area contributed by atoms with E-state index in [9.17, 15) is 17.6 Å². The van der Waals surface area contributed by atoms with Gasteiger partial charge in [0.05, 0.1) is 16.5 Å². The van der Waals surface area contributed by atoms with Crippen LogP contribution in [0.15, 0.2) is 41.4 Å². The van der Waals surface area contributed by atoms with E-state index >= 15 is 0 Å². The van der Waals surface area contributed by atoms with Crippen LogP contribution >= 0.6 is 0 Å². The second-order valence-corrected chi connectivity index (χ2v) is 7.71. The molecule has 1 aromatic carbocycles. The monoisotopic (exact) mass is 365 g/mol. The summed E-state index contributed by atoms with van der Waals surface area (Å²) in [6, 6.07) is 6.90. The van der Waals surface area contributed by atoms with E-state index in [-0.39, 0.29) is 23.0 Å². The first-order valence-corrected chi connectivity index (χ1v) is 9.58. The van der Waals surface area contributed by atoms with Gasteiger partial charge in [0, 0.05) is 31.5 Å². The third-order valence-corrected chi connectivity index (χ3v) is 5.96. The fourth-order valence-corrected chi connectivity index (χ4v) is 4.19. The minimum Gasteiger partial charge on any atom is -0.348 e. The summed E-state index contributed by atoms with van der Waals surface area (Å²) in [6.45, 7) is 4.79. The molecule has 134 valence electrons. The zero-order chi connectivity index (χ0) is 18.2. The maximum atomic E-state index is 14.2. The van der Waals surface area contributed by atoms with Gasteiger partial charge < -0.3 is 9.47 Å². The Morgan fingerprint density at radius 3 is 2.80 bits per heavy atom. The van der Waals surface area contributed by atoms with Crippen molar-refractivity contribution in [3.8, 4) is 0 Å². The van der Waals surface area contributed by atoms with Crippen LogP contribution in [-0.4, -0.2) is 36.9 Å². The van der Waals surface area contributed by atoms with Crippen molar-refractivity contribution in [3.05, 3.63) is 53.6 Å². The molecule has 1 amide bonds. The van der Waals surface area contributed by atoms with E-state index < -0.39 is 21.7 Å². The molecule has 1 unspecified atom stereocenters. The number of benzene rings is 1. The van der Waals surface area contributed by atoms with E-state index in [0.717, 1.165) is 23.9 Å². The van der Waals surface area contributed by atoms with Gasteiger partial charge >= 0.3 is 0 Å². The summed E-state index contributed by atoms with van der Waals surface area (Å²) in [7, 11) is -3.76. The molecule has 1 atom stereocenters. The number of hydrogen-bond acceptors (Lipinski definition) is 3. The summed E-state index contributed by atoms with van der Waals surface area (Å²) in [6.07, 6.45) is 1.94. The predicted molar refractivity (Wildman–Crippen MR) is 91.1 cm³/mol. The standard InChI is InChI=1S/C17H20FN3O3S/c1-3-19-25(23,24)13-6-7-15(18)14(11-13)17(22)21-10-9-20-8-4-5-16(20)12(21)2/h4-8,11-12,19H,3,9-10H2,1-2H3. The molecule has 1 aliphatic rings. The largest absolute Gasteiger partial charge is 0.348 e. The van der Waals surface area contributed by atoms with Gasteiger partial charge in [0.1, 0.15) is 5.82 Å². The molecule has 0 bridgehead atoms. The number of aromatic nitrogens is 1. The van der Waals surface area contributed by atoms with Crippen LogP contribution in [0.25, 0.3) is 0 Å². The van der Waals surface area contributed by atoms with Crippen molar-refractivity contribution in [2.75, 3.05) is 13.1 Å². The third kappa shape index (κ3) is 3.19. The molecule has 0 aliphatic carbocycles.